The van der Waals surface area contributed by atoms with E-state index in [1.807, 2.05) is 29.2 Å². The highest BCUT2D eigenvalue weighted by Gasteiger charge is 2.30. The first-order valence-corrected chi connectivity index (χ1v) is 11.0. The third-order valence-electron chi connectivity index (χ3n) is 5.38. The molecule has 2 aliphatic rings. The smallest absolute Gasteiger partial charge is 0.416 e. The Morgan fingerprint density at radius 2 is 1.62 bits per heavy atom. The van der Waals surface area contributed by atoms with E-state index in [-0.39, 0.29) is 12.7 Å². The van der Waals surface area contributed by atoms with Crippen molar-refractivity contribution in [3.63, 3.8) is 0 Å². The standard InChI is InChI=1S/C24H22F3N3O3S/c25-24(26,27)18-6-8-19(9-7-18)28-23(34)30-13-11-29(12-14-30)22(31)4-2-1-3-17-5-10-20-21(15-17)33-16-32-20/h1-10,15H,11-14,16H2,(H,28,34)/b3-1+,4-2+. The largest absolute Gasteiger partial charge is 0.454 e. The zero-order chi connectivity index (χ0) is 24.1. The number of hydrogen-bond acceptors (Lipinski definition) is 4. The second-order valence-electron chi connectivity index (χ2n) is 7.65. The Hall–Kier alpha value is -3.53. The first kappa shape index (κ1) is 23.6. The lowest BCUT2D eigenvalue weighted by Gasteiger charge is -2.35. The summed E-state index contributed by atoms with van der Waals surface area (Å²) in [5.41, 5.74) is 0.701. The fourth-order valence-corrected chi connectivity index (χ4v) is 3.80. The minimum Gasteiger partial charge on any atom is -0.454 e. The summed E-state index contributed by atoms with van der Waals surface area (Å²) >= 11 is 5.38. The van der Waals surface area contributed by atoms with Crippen molar-refractivity contribution in [3.8, 4) is 11.5 Å². The van der Waals surface area contributed by atoms with E-state index in [9.17, 15) is 18.0 Å². The number of anilines is 1. The number of hydrogen-bond donors (Lipinski definition) is 1. The summed E-state index contributed by atoms with van der Waals surface area (Å²) in [6.07, 6.45) is 2.48. The average Bonchev–Trinajstić information content (AvgIpc) is 3.29. The van der Waals surface area contributed by atoms with Crippen LogP contribution < -0.4 is 14.8 Å². The van der Waals surface area contributed by atoms with E-state index in [4.69, 9.17) is 21.7 Å². The Kier molecular flexibility index (Phi) is 7.06. The topological polar surface area (TPSA) is 54.0 Å². The van der Waals surface area contributed by atoms with Gasteiger partial charge in [0, 0.05) is 37.9 Å². The van der Waals surface area contributed by atoms with E-state index in [0.29, 0.717) is 42.7 Å². The molecule has 10 heteroatoms. The van der Waals surface area contributed by atoms with Gasteiger partial charge in [-0.15, -0.1) is 0 Å². The monoisotopic (exact) mass is 489 g/mol. The van der Waals surface area contributed by atoms with Crippen molar-refractivity contribution >= 4 is 35.0 Å². The molecule has 1 amide bonds. The zero-order valence-corrected chi connectivity index (χ0v) is 18.9. The molecule has 2 heterocycles. The van der Waals surface area contributed by atoms with Crippen LogP contribution in [0.5, 0.6) is 11.5 Å². The zero-order valence-electron chi connectivity index (χ0n) is 18.0. The second kappa shape index (κ2) is 10.2. The first-order chi connectivity index (χ1) is 16.3. The van der Waals surface area contributed by atoms with Crippen LogP contribution in [0.3, 0.4) is 0 Å². The number of fused-ring (bicyclic) bond motifs is 1. The van der Waals surface area contributed by atoms with Crippen LogP contribution in [-0.4, -0.2) is 53.8 Å². The molecule has 178 valence electrons. The van der Waals surface area contributed by atoms with Gasteiger partial charge in [0.25, 0.3) is 0 Å². The molecule has 0 aliphatic carbocycles. The van der Waals surface area contributed by atoms with Gasteiger partial charge in [-0.25, -0.2) is 0 Å². The summed E-state index contributed by atoms with van der Waals surface area (Å²) in [6, 6.07) is 10.3. The maximum absolute atomic E-state index is 12.7. The average molecular weight is 490 g/mol. The number of amides is 1. The van der Waals surface area contributed by atoms with Crippen molar-refractivity contribution in [2.45, 2.75) is 6.18 Å². The first-order valence-electron chi connectivity index (χ1n) is 10.6. The molecule has 1 saturated heterocycles. The Morgan fingerprint density at radius 1 is 0.941 bits per heavy atom. The van der Waals surface area contributed by atoms with E-state index >= 15 is 0 Å². The lowest BCUT2D eigenvalue weighted by Crippen LogP contribution is -2.51. The van der Waals surface area contributed by atoms with Crippen molar-refractivity contribution < 1.29 is 27.4 Å². The number of carbonyl (C=O) groups excluding carboxylic acids is 1. The van der Waals surface area contributed by atoms with Gasteiger partial charge in [0.15, 0.2) is 16.6 Å². The van der Waals surface area contributed by atoms with Gasteiger partial charge in [0.1, 0.15) is 0 Å². The number of nitrogens with zero attached hydrogens (tertiary/aromatic N) is 2. The van der Waals surface area contributed by atoms with Crippen LogP contribution in [0, 0.1) is 0 Å². The molecule has 0 saturated carbocycles. The highest BCUT2D eigenvalue weighted by Crippen LogP contribution is 2.33. The second-order valence-corrected chi connectivity index (χ2v) is 8.04. The van der Waals surface area contributed by atoms with Gasteiger partial charge < -0.3 is 24.6 Å². The number of halogens is 3. The Bertz CT molecular complexity index is 1110. The van der Waals surface area contributed by atoms with Gasteiger partial charge in [0.05, 0.1) is 5.56 Å². The summed E-state index contributed by atoms with van der Waals surface area (Å²) < 4.78 is 48.7. The predicted octanol–water partition coefficient (Wildman–Crippen LogP) is 4.54. The molecule has 4 rings (SSSR count). The van der Waals surface area contributed by atoms with Crippen molar-refractivity contribution in [2.24, 2.45) is 0 Å². The minimum atomic E-state index is -4.38. The van der Waals surface area contributed by atoms with Gasteiger partial charge in [-0.2, -0.15) is 13.2 Å². The lowest BCUT2D eigenvalue weighted by atomic mass is 10.2. The van der Waals surface area contributed by atoms with E-state index in [1.54, 1.807) is 17.1 Å². The van der Waals surface area contributed by atoms with E-state index in [0.717, 1.165) is 23.4 Å². The van der Waals surface area contributed by atoms with Gasteiger partial charge in [-0.05, 0) is 54.2 Å². The SMILES string of the molecule is O=C(/C=C/C=C/c1ccc2c(c1)OCO2)N1CCN(C(=S)Nc2ccc(C(F)(F)F)cc2)CC1. The number of piperazine rings is 1. The van der Waals surface area contributed by atoms with Crippen molar-refractivity contribution in [3.05, 3.63) is 71.8 Å². The summed E-state index contributed by atoms with van der Waals surface area (Å²) in [5.74, 6) is 1.32. The molecule has 0 bridgehead atoms. The number of rotatable bonds is 4. The van der Waals surface area contributed by atoms with Crippen LogP contribution in [-0.2, 0) is 11.0 Å². The fraction of sp³-hybridized carbons (Fsp3) is 0.250. The Labute approximate surface area is 200 Å². The van der Waals surface area contributed by atoms with Crippen molar-refractivity contribution in [1.82, 2.24) is 9.80 Å². The molecular formula is C24H22F3N3O3S. The predicted molar refractivity (Wildman–Crippen MR) is 127 cm³/mol. The number of thiocarbonyl (C=S) groups is 1. The molecule has 6 nitrogen and oxygen atoms in total. The Balaban J connectivity index is 1.23. The summed E-state index contributed by atoms with van der Waals surface area (Å²) in [5, 5.41) is 3.37. The number of nitrogens with one attached hydrogen (secondary N) is 1. The van der Waals surface area contributed by atoms with Crippen LogP contribution in [0.25, 0.3) is 6.08 Å². The van der Waals surface area contributed by atoms with Crippen molar-refractivity contribution in [1.29, 1.82) is 0 Å². The van der Waals surface area contributed by atoms with Gasteiger partial charge >= 0.3 is 6.18 Å². The van der Waals surface area contributed by atoms with Crippen molar-refractivity contribution in [2.75, 3.05) is 38.3 Å². The molecule has 0 unspecified atom stereocenters. The summed E-state index contributed by atoms with van der Waals surface area (Å²) in [4.78, 5) is 16.1. The Morgan fingerprint density at radius 3 is 2.32 bits per heavy atom. The van der Waals surface area contributed by atoms with Gasteiger partial charge in [-0.1, -0.05) is 24.3 Å². The van der Waals surface area contributed by atoms with Crippen LogP contribution in [0.1, 0.15) is 11.1 Å². The molecule has 0 spiro atoms. The summed E-state index contributed by atoms with van der Waals surface area (Å²) in [6.45, 7) is 2.26. The van der Waals surface area contributed by atoms with E-state index in [1.165, 1.54) is 18.2 Å². The maximum atomic E-state index is 12.7. The highest BCUT2D eigenvalue weighted by atomic mass is 32.1. The fourth-order valence-electron chi connectivity index (χ4n) is 3.50. The highest BCUT2D eigenvalue weighted by molar-refractivity contribution is 7.80. The molecule has 2 aromatic carbocycles. The minimum absolute atomic E-state index is 0.100. The van der Waals surface area contributed by atoms with E-state index in [2.05, 4.69) is 5.32 Å². The molecule has 2 aromatic rings. The molecule has 1 N–H and O–H groups in total. The van der Waals surface area contributed by atoms with Gasteiger partial charge in [-0.3, -0.25) is 4.79 Å². The molecule has 34 heavy (non-hydrogen) atoms. The molecule has 2 aliphatic heterocycles. The van der Waals surface area contributed by atoms with Crippen LogP contribution >= 0.6 is 12.2 Å². The number of carbonyl (C=O) groups is 1. The normalized spacial score (nSPS) is 15.9. The molecule has 0 atom stereocenters. The van der Waals surface area contributed by atoms with Gasteiger partial charge in [0.2, 0.25) is 12.7 Å². The number of benzene rings is 2. The molecule has 0 aromatic heterocycles. The molecule has 0 radical (unpaired) electrons. The van der Waals surface area contributed by atoms with Crippen LogP contribution in [0.15, 0.2) is 60.7 Å². The number of alkyl halides is 3. The van der Waals surface area contributed by atoms with E-state index < -0.39 is 11.7 Å². The number of allylic oxidation sites excluding steroid dienone is 2. The maximum Gasteiger partial charge on any atom is 0.416 e. The van der Waals surface area contributed by atoms with Crippen LogP contribution in [0.2, 0.25) is 0 Å². The molecular weight excluding hydrogens is 467 g/mol. The quantitative estimate of drug-likeness (QED) is 0.387. The number of ether oxygens (including phenoxy) is 2. The molecule has 1 fully saturated rings. The third-order valence-corrected chi connectivity index (χ3v) is 5.74. The lowest BCUT2D eigenvalue weighted by molar-refractivity contribution is -0.137. The van der Waals surface area contributed by atoms with Crippen LogP contribution in [0.4, 0.5) is 18.9 Å². The third kappa shape index (κ3) is 5.88. The summed E-state index contributed by atoms with van der Waals surface area (Å²) in [7, 11) is 0.